The largest absolute Gasteiger partial charge is 0.457 e. The summed E-state index contributed by atoms with van der Waals surface area (Å²) in [6.07, 6.45) is 0. The lowest BCUT2D eigenvalue weighted by Crippen LogP contribution is -2.37. The van der Waals surface area contributed by atoms with Gasteiger partial charge in [-0.25, -0.2) is 0 Å². The molecule has 7 aromatic carbocycles. The van der Waals surface area contributed by atoms with Crippen LogP contribution in [0.3, 0.4) is 0 Å². The predicted molar refractivity (Wildman–Crippen MR) is 185 cm³/mol. The van der Waals surface area contributed by atoms with Crippen molar-refractivity contribution in [1.82, 2.24) is 4.57 Å². The van der Waals surface area contributed by atoms with E-state index >= 15 is 0 Å². The van der Waals surface area contributed by atoms with E-state index in [0.717, 1.165) is 62.0 Å². The van der Waals surface area contributed by atoms with Gasteiger partial charge in [0, 0.05) is 33.2 Å². The van der Waals surface area contributed by atoms with Crippen LogP contribution < -0.4 is 9.47 Å². The smallest absolute Gasteiger partial charge is 0.136 e. The van der Waals surface area contributed by atoms with Crippen molar-refractivity contribution in [3.63, 3.8) is 0 Å². The number of fused-ring (bicyclic) bond motifs is 7. The zero-order valence-electron chi connectivity index (χ0n) is 24.9. The molecule has 0 saturated carbocycles. The third kappa shape index (κ3) is 3.32. The molecule has 0 unspecified atom stereocenters. The van der Waals surface area contributed by atoms with Crippen LogP contribution in [-0.4, -0.2) is 4.57 Å². The van der Waals surface area contributed by atoms with Crippen molar-refractivity contribution in [1.29, 1.82) is 0 Å². The number of benzene rings is 7. The molecule has 2 aliphatic rings. The predicted octanol–water partition coefficient (Wildman–Crippen LogP) is 11.0. The number of rotatable bonds is 3. The molecule has 0 spiro atoms. The number of aromatic nitrogens is 1. The molecule has 10 rings (SSSR count). The monoisotopic (exact) mass is 589 g/mol. The maximum Gasteiger partial charge on any atom is 0.136 e. The Morgan fingerprint density at radius 3 is 1.72 bits per heavy atom. The molecule has 0 saturated heterocycles. The highest BCUT2D eigenvalue weighted by molar-refractivity contribution is 6.14. The van der Waals surface area contributed by atoms with Crippen molar-refractivity contribution in [3.8, 4) is 39.8 Å². The Morgan fingerprint density at radius 1 is 0.457 bits per heavy atom. The van der Waals surface area contributed by atoms with Gasteiger partial charge in [-0.1, -0.05) is 121 Å². The molecule has 1 aromatic heterocycles. The number of ether oxygens (including phenoxy) is 2. The van der Waals surface area contributed by atoms with Crippen LogP contribution in [0.2, 0.25) is 0 Å². The minimum Gasteiger partial charge on any atom is -0.457 e. The molecule has 0 bridgehead atoms. The number of hydrogen-bond donors (Lipinski definition) is 0. The van der Waals surface area contributed by atoms with Gasteiger partial charge in [0.15, 0.2) is 0 Å². The second kappa shape index (κ2) is 9.47. The van der Waals surface area contributed by atoms with Crippen LogP contribution in [-0.2, 0) is 5.41 Å². The first-order valence-electron chi connectivity index (χ1n) is 15.7. The Bertz CT molecular complexity index is 2410. The average molecular weight is 590 g/mol. The van der Waals surface area contributed by atoms with E-state index in [-0.39, 0.29) is 0 Å². The Morgan fingerprint density at radius 2 is 1.02 bits per heavy atom. The van der Waals surface area contributed by atoms with E-state index in [9.17, 15) is 0 Å². The summed E-state index contributed by atoms with van der Waals surface area (Å²) in [7, 11) is 0. The van der Waals surface area contributed by atoms with E-state index in [4.69, 9.17) is 9.47 Å². The lowest BCUT2D eigenvalue weighted by Gasteiger charge is -2.45. The molecule has 0 fully saturated rings. The first kappa shape index (κ1) is 25.3. The summed E-state index contributed by atoms with van der Waals surface area (Å²) in [5.74, 6) is 3.33. The Hall–Kier alpha value is -6.06. The van der Waals surface area contributed by atoms with Crippen LogP contribution in [0.25, 0.3) is 38.6 Å². The second-order valence-electron chi connectivity index (χ2n) is 12.0. The van der Waals surface area contributed by atoms with Crippen molar-refractivity contribution in [2.24, 2.45) is 0 Å². The van der Waals surface area contributed by atoms with E-state index in [1.807, 2.05) is 0 Å². The van der Waals surface area contributed by atoms with Gasteiger partial charge in [0.05, 0.1) is 22.0 Å². The normalized spacial score (nSPS) is 13.7. The summed E-state index contributed by atoms with van der Waals surface area (Å²) in [5.41, 5.74) is 9.47. The highest BCUT2D eigenvalue weighted by Crippen LogP contribution is 2.63. The average Bonchev–Trinajstić information content (AvgIpc) is 3.46. The summed E-state index contributed by atoms with van der Waals surface area (Å²) in [5, 5.41) is 2.43. The van der Waals surface area contributed by atoms with Gasteiger partial charge in [-0.2, -0.15) is 0 Å². The van der Waals surface area contributed by atoms with Crippen LogP contribution >= 0.6 is 0 Å². The van der Waals surface area contributed by atoms with Crippen LogP contribution in [0, 0.1) is 0 Å². The van der Waals surface area contributed by atoms with E-state index in [2.05, 4.69) is 168 Å². The van der Waals surface area contributed by atoms with E-state index in [0.29, 0.717) is 0 Å². The van der Waals surface area contributed by atoms with E-state index < -0.39 is 5.41 Å². The molecule has 0 amide bonds. The highest BCUT2D eigenvalue weighted by Gasteiger charge is 2.51. The minimum absolute atomic E-state index is 0.598. The first-order chi connectivity index (χ1) is 22.8. The molecule has 3 heteroatoms. The number of nitrogens with zero attached hydrogens (tertiary/aromatic N) is 1. The topological polar surface area (TPSA) is 23.4 Å². The van der Waals surface area contributed by atoms with Gasteiger partial charge in [-0.05, 0) is 53.6 Å². The maximum atomic E-state index is 6.85. The van der Waals surface area contributed by atoms with Crippen LogP contribution in [0.15, 0.2) is 164 Å². The van der Waals surface area contributed by atoms with Gasteiger partial charge in [0.25, 0.3) is 0 Å². The molecule has 0 aliphatic carbocycles. The zero-order chi connectivity index (χ0) is 30.2. The fourth-order valence-electron chi connectivity index (χ4n) is 7.90. The van der Waals surface area contributed by atoms with Crippen LogP contribution in [0.5, 0.6) is 23.0 Å². The Labute approximate surface area is 266 Å². The Kier molecular flexibility index (Phi) is 5.20. The fourth-order valence-corrected chi connectivity index (χ4v) is 7.90. The third-order valence-electron chi connectivity index (χ3n) is 9.69. The minimum atomic E-state index is -0.598. The molecule has 3 heterocycles. The molecule has 216 valence electrons. The molecule has 0 atom stereocenters. The standard InChI is InChI=1S/C43H27NO2/c1-3-14-29(15-4-1)43-34-21-8-11-24-37(34)45-39-26-28(27-40(41(39)43)46-38-25-12-9-22-35(38)43)31-19-13-20-33-32-18-7-10-23-36(32)44(42(31)33)30-16-5-2-6-17-30/h1-27H. The van der Waals surface area contributed by atoms with Gasteiger partial charge < -0.3 is 14.0 Å². The van der Waals surface area contributed by atoms with Crippen molar-refractivity contribution in [2.75, 3.05) is 0 Å². The van der Waals surface area contributed by atoms with Crippen LogP contribution in [0.4, 0.5) is 0 Å². The quantitative estimate of drug-likeness (QED) is 0.205. The van der Waals surface area contributed by atoms with Crippen molar-refractivity contribution in [2.45, 2.75) is 5.41 Å². The SMILES string of the molecule is c1ccc(-n2c3ccccc3c3cccc(-c4cc5c6c(c4)Oc4ccccc4C6(c4ccccc4)c4ccccc4O5)c32)cc1. The molecule has 2 aliphatic heterocycles. The van der Waals surface area contributed by atoms with Gasteiger partial charge in [0.1, 0.15) is 23.0 Å². The van der Waals surface area contributed by atoms with Crippen molar-refractivity contribution >= 4 is 21.8 Å². The van der Waals surface area contributed by atoms with Crippen molar-refractivity contribution in [3.05, 3.63) is 186 Å². The first-order valence-corrected chi connectivity index (χ1v) is 15.7. The van der Waals surface area contributed by atoms with Gasteiger partial charge in [-0.15, -0.1) is 0 Å². The number of hydrogen-bond acceptors (Lipinski definition) is 2. The van der Waals surface area contributed by atoms with Crippen LogP contribution in [0.1, 0.15) is 22.3 Å². The summed E-state index contributed by atoms with van der Waals surface area (Å²) in [6, 6.07) is 57.9. The molecule has 3 nitrogen and oxygen atoms in total. The van der Waals surface area contributed by atoms with Gasteiger partial charge in [-0.3, -0.25) is 0 Å². The summed E-state index contributed by atoms with van der Waals surface area (Å²) in [6.45, 7) is 0. The van der Waals surface area contributed by atoms with Crippen molar-refractivity contribution < 1.29 is 9.47 Å². The number of para-hydroxylation sites is 5. The maximum absolute atomic E-state index is 6.85. The molecule has 46 heavy (non-hydrogen) atoms. The lowest BCUT2D eigenvalue weighted by molar-refractivity contribution is 0.385. The summed E-state index contributed by atoms with van der Waals surface area (Å²) in [4.78, 5) is 0. The fraction of sp³-hybridized carbons (Fsp3) is 0.0233. The van der Waals surface area contributed by atoms with E-state index in [1.165, 1.54) is 21.9 Å². The second-order valence-corrected chi connectivity index (χ2v) is 12.0. The summed E-state index contributed by atoms with van der Waals surface area (Å²) < 4.78 is 16.1. The summed E-state index contributed by atoms with van der Waals surface area (Å²) >= 11 is 0. The highest BCUT2D eigenvalue weighted by atomic mass is 16.5. The molecule has 0 radical (unpaired) electrons. The lowest BCUT2D eigenvalue weighted by atomic mass is 9.62. The third-order valence-corrected chi connectivity index (χ3v) is 9.69. The van der Waals surface area contributed by atoms with Gasteiger partial charge in [0.2, 0.25) is 0 Å². The molecular weight excluding hydrogens is 562 g/mol. The molecule has 8 aromatic rings. The zero-order valence-corrected chi connectivity index (χ0v) is 24.9. The Balaban J connectivity index is 1.32. The van der Waals surface area contributed by atoms with E-state index in [1.54, 1.807) is 0 Å². The molecular formula is C43H27NO2. The van der Waals surface area contributed by atoms with Gasteiger partial charge >= 0.3 is 0 Å². The molecule has 0 N–H and O–H groups in total.